The first kappa shape index (κ1) is 18.7. The summed E-state index contributed by atoms with van der Waals surface area (Å²) in [5.74, 6) is 0.908. The Morgan fingerprint density at radius 3 is 2.52 bits per heavy atom. The molecule has 2 N–H and O–H groups in total. The molecule has 1 spiro atoms. The normalized spacial score (nSPS) is 25.7. The van der Waals surface area contributed by atoms with E-state index in [4.69, 9.17) is 9.47 Å². The zero-order valence-electron chi connectivity index (χ0n) is 16.0. The molecule has 0 saturated carbocycles. The minimum Gasteiger partial charge on any atom is -0.496 e. The summed E-state index contributed by atoms with van der Waals surface area (Å²) in [7, 11) is 1.71. The molecule has 4 rings (SSSR count). The number of hydrogen-bond donors (Lipinski definition) is 2. The molecule has 2 aliphatic rings. The zero-order chi connectivity index (χ0) is 18.9. The van der Waals surface area contributed by atoms with E-state index in [0.717, 1.165) is 43.6 Å². The fourth-order valence-corrected chi connectivity index (χ4v) is 4.66. The third-order valence-corrected chi connectivity index (χ3v) is 6.28. The van der Waals surface area contributed by atoms with Crippen molar-refractivity contribution in [2.75, 3.05) is 33.4 Å². The van der Waals surface area contributed by atoms with Crippen molar-refractivity contribution >= 4 is 10.8 Å². The lowest BCUT2D eigenvalue weighted by atomic mass is 9.77. The van der Waals surface area contributed by atoms with Crippen LogP contribution in [0.3, 0.4) is 0 Å². The van der Waals surface area contributed by atoms with Gasteiger partial charge in [-0.1, -0.05) is 30.3 Å². The molecule has 2 aromatic carbocycles. The maximum Gasteiger partial charge on any atom is 0.126 e. The van der Waals surface area contributed by atoms with Crippen LogP contribution in [0.5, 0.6) is 5.75 Å². The van der Waals surface area contributed by atoms with Gasteiger partial charge in [-0.3, -0.25) is 4.90 Å². The first-order valence-corrected chi connectivity index (χ1v) is 9.81. The van der Waals surface area contributed by atoms with Crippen LogP contribution in [-0.4, -0.2) is 59.7 Å². The molecule has 2 aromatic rings. The molecule has 0 radical (unpaired) electrons. The van der Waals surface area contributed by atoms with Crippen LogP contribution >= 0.6 is 0 Å². The molecule has 5 nitrogen and oxygen atoms in total. The van der Waals surface area contributed by atoms with E-state index in [-0.39, 0.29) is 12.2 Å². The van der Waals surface area contributed by atoms with Crippen molar-refractivity contribution in [3.8, 4) is 5.75 Å². The van der Waals surface area contributed by atoms with E-state index in [2.05, 4.69) is 35.2 Å². The van der Waals surface area contributed by atoms with Crippen molar-refractivity contribution in [3.05, 3.63) is 42.0 Å². The second kappa shape index (κ2) is 7.40. The van der Waals surface area contributed by atoms with Gasteiger partial charge in [-0.05, 0) is 29.9 Å². The first-order valence-electron chi connectivity index (χ1n) is 9.81. The van der Waals surface area contributed by atoms with E-state index in [9.17, 15) is 10.2 Å². The van der Waals surface area contributed by atoms with Gasteiger partial charge in [-0.2, -0.15) is 0 Å². The Morgan fingerprint density at radius 2 is 1.81 bits per heavy atom. The van der Waals surface area contributed by atoms with Gasteiger partial charge in [0, 0.05) is 37.9 Å². The number of rotatable bonds is 4. The highest BCUT2D eigenvalue weighted by Crippen LogP contribution is 2.40. The number of methoxy groups -OCH3 is 1. The number of aliphatic hydroxyl groups excluding tert-OH is 1. The van der Waals surface area contributed by atoms with Crippen LogP contribution < -0.4 is 4.74 Å². The summed E-state index contributed by atoms with van der Waals surface area (Å²) < 4.78 is 11.6. The van der Waals surface area contributed by atoms with Crippen LogP contribution in [0.1, 0.15) is 31.2 Å². The molecule has 2 aliphatic heterocycles. The molecule has 0 aromatic heterocycles. The van der Waals surface area contributed by atoms with E-state index in [1.807, 2.05) is 6.07 Å². The average molecular weight is 371 g/mol. The summed E-state index contributed by atoms with van der Waals surface area (Å²) in [5.41, 5.74) is 0.0413. The Kier molecular flexibility index (Phi) is 5.12. The lowest BCUT2D eigenvalue weighted by Gasteiger charge is -2.48. The predicted molar refractivity (Wildman–Crippen MR) is 105 cm³/mol. The Balaban J connectivity index is 1.47. The van der Waals surface area contributed by atoms with Crippen LogP contribution in [0.2, 0.25) is 0 Å². The maximum absolute atomic E-state index is 10.5. The Hall–Kier alpha value is -1.66. The first-order chi connectivity index (χ1) is 13.1. The van der Waals surface area contributed by atoms with Crippen LogP contribution in [0.4, 0.5) is 0 Å². The van der Waals surface area contributed by atoms with Crippen molar-refractivity contribution in [1.29, 1.82) is 0 Å². The Bertz CT molecular complexity index is 800. The Labute approximate surface area is 160 Å². The molecule has 1 unspecified atom stereocenters. The smallest absolute Gasteiger partial charge is 0.126 e. The number of likely N-dealkylation sites (tertiary alicyclic amines) is 1. The second-order valence-corrected chi connectivity index (χ2v) is 8.09. The van der Waals surface area contributed by atoms with Gasteiger partial charge in [-0.25, -0.2) is 0 Å². The summed E-state index contributed by atoms with van der Waals surface area (Å²) in [6.45, 7) is 3.11. The number of hydrogen-bond acceptors (Lipinski definition) is 5. The van der Waals surface area contributed by atoms with E-state index in [1.54, 1.807) is 7.11 Å². The second-order valence-electron chi connectivity index (χ2n) is 8.09. The molecule has 5 heteroatoms. The molecule has 1 atom stereocenters. The third-order valence-electron chi connectivity index (χ3n) is 6.28. The average Bonchev–Trinajstić information content (AvgIpc) is 2.70. The highest BCUT2D eigenvalue weighted by Gasteiger charge is 2.46. The number of nitrogens with zero attached hydrogens (tertiary/aromatic N) is 1. The standard InChI is InChI=1S/C22H29NO4/c1-26-20-7-6-17(18-4-2-3-5-19(18)20)14-23-11-8-22(9-12-23)15-21(25,16-24)10-13-27-22/h2-7,24-25H,8-16H2,1H3. The highest BCUT2D eigenvalue weighted by molar-refractivity contribution is 5.91. The summed E-state index contributed by atoms with van der Waals surface area (Å²) >= 11 is 0. The topological polar surface area (TPSA) is 62.2 Å². The largest absolute Gasteiger partial charge is 0.496 e. The third kappa shape index (κ3) is 3.69. The van der Waals surface area contributed by atoms with Crippen molar-refractivity contribution < 1.29 is 19.7 Å². The molecule has 0 aliphatic carbocycles. The van der Waals surface area contributed by atoms with Crippen molar-refractivity contribution in [2.24, 2.45) is 0 Å². The van der Waals surface area contributed by atoms with Gasteiger partial charge in [0.05, 0.1) is 31.5 Å². The van der Waals surface area contributed by atoms with E-state index >= 15 is 0 Å². The fourth-order valence-electron chi connectivity index (χ4n) is 4.66. The van der Waals surface area contributed by atoms with E-state index in [1.165, 1.54) is 10.9 Å². The van der Waals surface area contributed by atoms with Crippen molar-refractivity contribution in [1.82, 2.24) is 4.90 Å². The number of ether oxygens (including phenoxy) is 2. The van der Waals surface area contributed by atoms with Gasteiger partial charge < -0.3 is 19.7 Å². The van der Waals surface area contributed by atoms with E-state index in [0.29, 0.717) is 19.4 Å². The van der Waals surface area contributed by atoms with Gasteiger partial charge in [0.1, 0.15) is 5.75 Å². The quantitative estimate of drug-likeness (QED) is 0.865. The highest BCUT2D eigenvalue weighted by atomic mass is 16.5. The molecular formula is C22H29NO4. The number of piperidine rings is 1. The molecule has 0 bridgehead atoms. The molecule has 27 heavy (non-hydrogen) atoms. The summed E-state index contributed by atoms with van der Waals surface area (Å²) in [6, 6.07) is 12.6. The molecule has 2 fully saturated rings. The van der Waals surface area contributed by atoms with E-state index < -0.39 is 5.60 Å². The number of fused-ring (bicyclic) bond motifs is 1. The minimum atomic E-state index is -0.980. The molecular weight excluding hydrogens is 342 g/mol. The molecule has 146 valence electrons. The predicted octanol–water partition coefficient (Wildman–Crippen LogP) is 2.72. The monoisotopic (exact) mass is 371 g/mol. The van der Waals surface area contributed by atoms with Crippen molar-refractivity contribution in [2.45, 2.75) is 43.4 Å². The SMILES string of the molecule is COc1ccc(CN2CCC3(CC2)CC(O)(CO)CCO3)c2ccccc12. The van der Waals surface area contributed by atoms with Crippen LogP contribution in [0.15, 0.2) is 36.4 Å². The van der Waals surface area contributed by atoms with Crippen molar-refractivity contribution in [3.63, 3.8) is 0 Å². The van der Waals surface area contributed by atoms with Gasteiger partial charge >= 0.3 is 0 Å². The van der Waals surface area contributed by atoms with Gasteiger partial charge in [0.25, 0.3) is 0 Å². The lowest BCUT2D eigenvalue weighted by Crippen LogP contribution is -2.55. The van der Waals surface area contributed by atoms with Gasteiger partial charge in [-0.15, -0.1) is 0 Å². The Morgan fingerprint density at radius 1 is 1.07 bits per heavy atom. The van der Waals surface area contributed by atoms with Crippen LogP contribution in [-0.2, 0) is 11.3 Å². The molecule has 2 saturated heterocycles. The minimum absolute atomic E-state index is 0.181. The fraction of sp³-hybridized carbons (Fsp3) is 0.545. The van der Waals surface area contributed by atoms with Crippen LogP contribution in [0, 0.1) is 0 Å². The maximum atomic E-state index is 10.5. The summed E-state index contributed by atoms with van der Waals surface area (Å²) in [6.07, 6.45) is 2.84. The zero-order valence-corrected chi connectivity index (χ0v) is 16.0. The lowest BCUT2D eigenvalue weighted by molar-refractivity contribution is -0.189. The number of benzene rings is 2. The van der Waals surface area contributed by atoms with Gasteiger partial charge in [0.2, 0.25) is 0 Å². The summed E-state index contributed by atoms with van der Waals surface area (Å²) in [5, 5.41) is 22.4. The van der Waals surface area contributed by atoms with Gasteiger partial charge in [0.15, 0.2) is 0 Å². The number of aliphatic hydroxyl groups is 2. The molecule has 0 amide bonds. The van der Waals surface area contributed by atoms with Crippen LogP contribution in [0.25, 0.3) is 10.8 Å². The summed E-state index contributed by atoms with van der Waals surface area (Å²) in [4.78, 5) is 2.45. The molecule has 2 heterocycles.